The Balaban J connectivity index is 2.16. The molecule has 0 aromatic heterocycles. The van der Waals surface area contributed by atoms with Crippen molar-refractivity contribution in [2.24, 2.45) is 22.6 Å². The second-order valence-corrected chi connectivity index (χ2v) is 7.83. The largest absolute Gasteiger partial charge is 0.255 e. The molecule has 3 atom stereocenters. The summed E-state index contributed by atoms with van der Waals surface area (Å²) in [6.45, 7) is 4.44. The number of sulfonamides is 1. The molecule has 0 radical (unpaired) electrons. The van der Waals surface area contributed by atoms with Gasteiger partial charge in [0.25, 0.3) is 0 Å². The summed E-state index contributed by atoms with van der Waals surface area (Å²) in [4.78, 5) is 0. The van der Waals surface area contributed by atoms with Crippen molar-refractivity contribution in [3.63, 3.8) is 0 Å². The molecule has 1 heterocycles. The second kappa shape index (κ2) is 2.41. The smallest absolute Gasteiger partial charge is 0.227 e. The Morgan fingerprint density at radius 3 is 2.60 bits per heavy atom. The van der Waals surface area contributed by atoms with Gasteiger partial charge in [0.2, 0.25) is 10.0 Å². The standard InChI is InChI=1S/C10H18N2O2S/c1-9(2)7-3-4-10(9)6-15(13,14)12(11)8(10)5-7/h7-8H,3-6,11H2,1-2H3/t7-,8-,10-/m1/s1. The van der Waals surface area contributed by atoms with Crippen molar-refractivity contribution in [3.05, 3.63) is 0 Å². The first-order chi connectivity index (χ1) is 6.81. The molecule has 4 nitrogen and oxygen atoms in total. The molecule has 1 aliphatic heterocycles. The van der Waals surface area contributed by atoms with Crippen LogP contribution in [-0.4, -0.2) is 24.6 Å². The third kappa shape index (κ3) is 0.890. The lowest BCUT2D eigenvalue weighted by Gasteiger charge is -2.36. The van der Waals surface area contributed by atoms with Gasteiger partial charge >= 0.3 is 0 Å². The van der Waals surface area contributed by atoms with Crippen molar-refractivity contribution in [1.29, 1.82) is 0 Å². The molecule has 0 amide bonds. The highest BCUT2D eigenvalue weighted by Gasteiger charge is 2.71. The third-order valence-corrected chi connectivity index (χ3v) is 7.23. The molecule has 86 valence electrons. The van der Waals surface area contributed by atoms with Crippen molar-refractivity contribution >= 4 is 10.0 Å². The van der Waals surface area contributed by atoms with Crippen LogP contribution in [0.2, 0.25) is 0 Å². The Morgan fingerprint density at radius 2 is 2.07 bits per heavy atom. The summed E-state index contributed by atoms with van der Waals surface area (Å²) in [5.74, 6) is 6.67. The third-order valence-electron chi connectivity index (χ3n) is 5.46. The van der Waals surface area contributed by atoms with Crippen LogP contribution in [0, 0.1) is 16.7 Å². The van der Waals surface area contributed by atoms with Crippen LogP contribution >= 0.6 is 0 Å². The highest BCUT2D eigenvalue weighted by Crippen LogP contribution is 2.69. The fourth-order valence-corrected chi connectivity index (χ4v) is 6.50. The lowest BCUT2D eigenvalue weighted by molar-refractivity contribution is 0.114. The Bertz CT molecular complexity index is 417. The lowest BCUT2D eigenvalue weighted by Crippen LogP contribution is -2.44. The van der Waals surface area contributed by atoms with E-state index in [1.165, 1.54) is 6.42 Å². The molecule has 2 N–H and O–H groups in total. The van der Waals surface area contributed by atoms with Gasteiger partial charge in [-0.05, 0) is 30.6 Å². The summed E-state index contributed by atoms with van der Waals surface area (Å²) < 4.78 is 24.9. The summed E-state index contributed by atoms with van der Waals surface area (Å²) in [6.07, 6.45) is 3.16. The summed E-state index contributed by atoms with van der Waals surface area (Å²) in [7, 11) is -3.19. The second-order valence-electron chi connectivity index (χ2n) is 5.95. The number of hydrogen-bond acceptors (Lipinski definition) is 3. The maximum Gasteiger partial charge on any atom is 0.227 e. The van der Waals surface area contributed by atoms with E-state index in [-0.39, 0.29) is 22.6 Å². The number of hydrazine groups is 1. The summed E-state index contributed by atoms with van der Waals surface area (Å²) in [5.41, 5.74) is 0.0735. The molecule has 0 aromatic rings. The Kier molecular flexibility index (Phi) is 1.62. The van der Waals surface area contributed by atoms with Gasteiger partial charge in [0.05, 0.1) is 5.75 Å². The van der Waals surface area contributed by atoms with Gasteiger partial charge in [0.1, 0.15) is 0 Å². The summed E-state index contributed by atoms with van der Waals surface area (Å²) >= 11 is 0. The average Bonchev–Trinajstić information content (AvgIpc) is 2.56. The first-order valence-corrected chi connectivity index (χ1v) is 7.19. The van der Waals surface area contributed by atoms with E-state index in [1.807, 2.05) is 0 Å². The number of rotatable bonds is 0. The quantitative estimate of drug-likeness (QED) is 0.623. The molecule has 3 fully saturated rings. The zero-order valence-corrected chi connectivity index (χ0v) is 10.0. The highest BCUT2D eigenvalue weighted by atomic mass is 32.2. The molecule has 0 aromatic carbocycles. The lowest BCUT2D eigenvalue weighted by atomic mass is 9.69. The predicted octanol–water partition coefficient (Wildman–Crippen LogP) is 0.700. The molecule has 1 spiro atoms. The van der Waals surface area contributed by atoms with E-state index in [0.29, 0.717) is 5.92 Å². The zero-order valence-electron chi connectivity index (χ0n) is 9.23. The minimum absolute atomic E-state index is 0.0642. The summed E-state index contributed by atoms with van der Waals surface area (Å²) in [6, 6.07) is 0.0660. The van der Waals surface area contributed by atoms with Gasteiger partial charge in [-0.25, -0.2) is 8.42 Å². The van der Waals surface area contributed by atoms with E-state index in [2.05, 4.69) is 13.8 Å². The normalized spacial score (nSPS) is 50.9. The van der Waals surface area contributed by atoms with E-state index < -0.39 is 10.0 Å². The first kappa shape index (κ1) is 10.1. The number of nitrogens with zero attached hydrogens (tertiary/aromatic N) is 1. The molecule has 1 saturated heterocycles. The van der Waals surface area contributed by atoms with Gasteiger partial charge < -0.3 is 0 Å². The van der Waals surface area contributed by atoms with Crippen LogP contribution in [0.5, 0.6) is 0 Å². The maximum atomic E-state index is 11.8. The van der Waals surface area contributed by atoms with Crippen molar-refractivity contribution in [1.82, 2.24) is 4.41 Å². The predicted molar refractivity (Wildman–Crippen MR) is 57.2 cm³/mol. The zero-order chi connectivity index (χ0) is 11.1. The van der Waals surface area contributed by atoms with E-state index in [0.717, 1.165) is 17.3 Å². The number of hydrogen-bond donors (Lipinski definition) is 1. The molecule has 5 heteroatoms. The maximum absolute atomic E-state index is 11.8. The van der Waals surface area contributed by atoms with E-state index in [1.54, 1.807) is 0 Å². The molecular formula is C10H18N2O2S. The van der Waals surface area contributed by atoms with Crippen LogP contribution in [0.25, 0.3) is 0 Å². The van der Waals surface area contributed by atoms with Crippen LogP contribution in [0.3, 0.4) is 0 Å². The van der Waals surface area contributed by atoms with Gasteiger partial charge in [0, 0.05) is 11.5 Å². The fraction of sp³-hybridized carbons (Fsp3) is 1.00. The van der Waals surface area contributed by atoms with Crippen molar-refractivity contribution in [3.8, 4) is 0 Å². The van der Waals surface area contributed by atoms with E-state index in [4.69, 9.17) is 5.84 Å². The average molecular weight is 230 g/mol. The van der Waals surface area contributed by atoms with Crippen LogP contribution in [0.1, 0.15) is 33.1 Å². The highest BCUT2D eigenvalue weighted by molar-refractivity contribution is 7.89. The minimum Gasteiger partial charge on any atom is -0.255 e. The van der Waals surface area contributed by atoms with Crippen LogP contribution < -0.4 is 5.84 Å². The molecule has 0 unspecified atom stereocenters. The van der Waals surface area contributed by atoms with Crippen molar-refractivity contribution in [2.45, 2.75) is 39.2 Å². The number of fused-ring (bicyclic) bond motifs is 1. The van der Waals surface area contributed by atoms with Crippen molar-refractivity contribution < 1.29 is 8.42 Å². The molecule has 2 saturated carbocycles. The first-order valence-electron chi connectivity index (χ1n) is 5.58. The molecule has 2 aliphatic carbocycles. The molecule has 3 rings (SSSR count). The Labute approximate surface area is 90.8 Å². The van der Waals surface area contributed by atoms with Gasteiger partial charge in [-0.15, -0.1) is 4.41 Å². The van der Waals surface area contributed by atoms with E-state index >= 15 is 0 Å². The minimum atomic E-state index is -3.19. The van der Waals surface area contributed by atoms with Gasteiger partial charge in [-0.2, -0.15) is 0 Å². The molecule has 2 bridgehead atoms. The molecule has 15 heavy (non-hydrogen) atoms. The van der Waals surface area contributed by atoms with E-state index in [9.17, 15) is 8.42 Å². The van der Waals surface area contributed by atoms with Crippen LogP contribution in [0.15, 0.2) is 0 Å². The van der Waals surface area contributed by atoms with Gasteiger partial charge in [0.15, 0.2) is 0 Å². The Hall–Kier alpha value is -0.130. The SMILES string of the molecule is CC1(C)[C@@H]2CC[C@]13CS(=O)(=O)N(N)[C@@H]3C2. The van der Waals surface area contributed by atoms with Crippen LogP contribution in [-0.2, 0) is 10.0 Å². The van der Waals surface area contributed by atoms with Gasteiger partial charge in [-0.1, -0.05) is 13.8 Å². The van der Waals surface area contributed by atoms with Crippen LogP contribution in [0.4, 0.5) is 0 Å². The van der Waals surface area contributed by atoms with Crippen molar-refractivity contribution in [2.75, 3.05) is 5.75 Å². The van der Waals surface area contributed by atoms with Gasteiger partial charge in [-0.3, -0.25) is 5.84 Å². The topological polar surface area (TPSA) is 63.4 Å². The molecule has 3 aliphatic rings. The Morgan fingerprint density at radius 1 is 1.40 bits per heavy atom. The summed E-state index contributed by atoms with van der Waals surface area (Å²) in [5, 5.41) is 0. The monoisotopic (exact) mass is 230 g/mol. The number of nitrogens with two attached hydrogens (primary N) is 1. The fourth-order valence-electron chi connectivity index (χ4n) is 4.32. The molecular weight excluding hydrogens is 212 g/mol.